The minimum Gasteiger partial charge on any atom is -0.443 e. The molecule has 42 heavy (non-hydrogen) atoms. The predicted octanol–water partition coefficient (Wildman–Crippen LogP) is 5.64. The summed E-state index contributed by atoms with van der Waals surface area (Å²) in [6, 6.07) is 19.5. The van der Waals surface area contributed by atoms with E-state index in [1.807, 2.05) is 42.3 Å². The monoisotopic (exact) mass is 572 g/mol. The average Bonchev–Trinajstić information content (AvgIpc) is 2.99. The molecule has 0 saturated heterocycles. The Hall–Kier alpha value is -4.93. The molecule has 1 fully saturated rings. The van der Waals surface area contributed by atoms with Crippen molar-refractivity contribution >= 4 is 17.8 Å². The van der Waals surface area contributed by atoms with E-state index in [9.17, 15) is 18.4 Å². The molecule has 2 aromatic heterocycles. The van der Waals surface area contributed by atoms with Gasteiger partial charge in [0.15, 0.2) is 5.82 Å². The summed E-state index contributed by atoms with van der Waals surface area (Å²) in [6.45, 7) is 1.78. The normalized spacial score (nSPS) is 13.5. The van der Waals surface area contributed by atoms with Crippen LogP contribution < -0.4 is 10.3 Å². The summed E-state index contributed by atoms with van der Waals surface area (Å²) in [5.41, 5.74) is 3.55. The molecule has 0 radical (unpaired) electrons. The molecule has 2 aromatic carbocycles. The van der Waals surface area contributed by atoms with Crippen LogP contribution in [0.1, 0.15) is 47.8 Å². The molecule has 0 unspecified atom stereocenters. The minimum absolute atomic E-state index is 0.0255. The molecule has 5 rings (SSSR count). The summed E-state index contributed by atoms with van der Waals surface area (Å²) in [6.07, 6.45) is 3.20. The van der Waals surface area contributed by atoms with Crippen molar-refractivity contribution in [2.24, 2.45) is 0 Å². The first-order valence-electron chi connectivity index (χ1n) is 13.6. The zero-order valence-corrected chi connectivity index (χ0v) is 23.3. The molecule has 9 nitrogen and oxygen atoms in total. The highest BCUT2D eigenvalue weighted by Gasteiger charge is 2.46. The molecule has 11 heteroatoms. The third-order valence-electron chi connectivity index (χ3n) is 7.50. The highest BCUT2D eigenvalue weighted by atomic mass is 19.1. The van der Waals surface area contributed by atoms with Crippen LogP contribution >= 0.6 is 0 Å². The highest BCUT2D eigenvalue weighted by molar-refractivity contribution is 5.96. The number of carbonyl (C=O) groups is 2. The number of amides is 2. The smallest absolute Gasteiger partial charge is 0.429 e. The standard InChI is InChI=1S/C31H30F2N6O3/c1-3-39(30(41)42-20-21-9-5-4-6-10-21)37-29(40)23-19-22(12-13-24(23)32)26-14-15-27(36-35-26)38(2)31(16-8-17-31)28-25(33)11-7-18-34-28/h4-7,9-15,18-19H,3,8,16-17,20H2,1-2H3,(H,37,40). The van der Waals surface area contributed by atoms with Crippen LogP contribution in [0.3, 0.4) is 0 Å². The highest BCUT2D eigenvalue weighted by Crippen LogP contribution is 2.47. The number of aromatic nitrogens is 3. The zero-order chi connectivity index (χ0) is 29.7. The number of ether oxygens (including phenoxy) is 1. The Kier molecular flexibility index (Phi) is 8.37. The fourth-order valence-corrected chi connectivity index (χ4v) is 4.94. The quantitative estimate of drug-likeness (QED) is 0.273. The fraction of sp³-hybridized carbons (Fsp3) is 0.258. The lowest BCUT2D eigenvalue weighted by molar-refractivity contribution is 0.0627. The van der Waals surface area contributed by atoms with Gasteiger partial charge in [0.1, 0.15) is 23.9 Å². The maximum Gasteiger partial charge on any atom is 0.429 e. The molecular formula is C31H30F2N6O3. The maximum atomic E-state index is 14.7. The van der Waals surface area contributed by atoms with Gasteiger partial charge in [-0.25, -0.2) is 18.6 Å². The predicted molar refractivity (Wildman–Crippen MR) is 152 cm³/mol. The van der Waals surface area contributed by atoms with E-state index in [1.54, 1.807) is 31.3 Å². The van der Waals surface area contributed by atoms with Crippen molar-refractivity contribution in [3.05, 3.63) is 107 Å². The van der Waals surface area contributed by atoms with E-state index in [2.05, 4.69) is 20.6 Å². The van der Waals surface area contributed by atoms with E-state index in [1.165, 1.54) is 18.2 Å². The number of nitrogens with zero attached hydrogens (tertiary/aromatic N) is 5. The summed E-state index contributed by atoms with van der Waals surface area (Å²) >= 11 is 0. The van der Waals surface area contributed by atoms with Crippen LogP contribution in [-0.4, -0.2) is 45.8 Å². The van der Waals surface area contributed by atoms with Crippen molar-refractivity contribution in [3.63, 3.8) is 0 Å². The third-order valence-corrected chi connectivity index (χ3v) is 7.50. The first-order chi connectivity index (χ1) is 20.3. The average molecular weight is 573 g/mol. The van der Waals surface area contributed by atoms with E-state index in [0.717, 1.165) is 35.9 Å². The molecule has 216 valence electrons. The number of benzene rings is 2. The van der Waals surface area contributed by atoms with Crippen molar-refractivity contribution in [1.29, 1.82) is 0 Å². The summed E-state index contributed by atoms with van der Waals surface area (Å²) in [4.78, 5) is 31.7. The van der Waals surface area contributed by atoms with Gasteiger partial charge in [-0.2, -0.15) is 0 Å². The van der Waals surface area contributed by atoms with Gasteiger partial charge in [0.25, 0.3) is 5.91 Å². The van der Waals surface area contributed by atoms with Crippen LogP contribution in [0.4, 0.5) is 19.4 Å². The van der Waals surface area contributed by atoms with E-state index >= 15 is 0 Å². The Labute approximate surface area is 242 Å². The molecule has 1 N–H and O–H groups in total. The topological polar surface area (TPSA) is 101 Å². The molecule has 0 atom stereocenters. The lowest BCUT2D eigenvalue weighted by Crippen LogP contribution is -2.51. The van der Waals surface area contributed by atoms with Gasteiger partial charge in [0.05, 0.1) is 16.8 Å². The van der Waals surface area contributed by atoms with Crippen molar-refractivity contribution < 1.29 is 23.1 Å². The first-order valence-corrected chi connectivity index (χ1v) is 13.6. The molecule has 0 spiro atoms. The van der Waals surface area contributed by atoms with Gasteiger partial charge in [-0.1, -0.05) is 30.3 Å². The Bertz CT molecular complexity index is 1560. The summed E-state index contributed by atoms with van der Waals surface area (Å²) in [5, 5.41) is 9.62. The molecule has 2 amide bonds. The minimum atomic E-state index is -0.818. The lowest BCUT2D eigenvalue weighted by atomic mass is 9.72. The Morgan fingerprint density at radius 3 is 2.40 bits per heavy atom. The van der Waals surface area contributed by atoms with Gasteiger partial charge in [-0.05, 0) is 74.2 Å². The summed E-state index contributed by atoms with van der Waals surface area (Å²) < 4.78 is 34.6. The second kappa shape index (κ2) is 12.3. The van der Waals surface area contributed by atoms with Gasteiger partial charge in [0, 0.05) is 25.4 Å². The van der Waals surface area contributed by atoms with Crippen LogP contribution in [0.2, 0.25) is 0 Å². The zero-order valence-electron chi connectivity index (χ0n) is 23.3. The van der Waals surface area contributed by atoms with Crippen LogP contribution in [0.25, 0.3) is 11.3 Å². The van der Waals surface area contributed by atoms with Crippen LogP contribution in [0, 0.1) is 11.6 Å². The Balaban J connectivity index is 1.29. The van der Waals surface area contributed by atoms with Crippen LogP contribution in [0.5, 0.6) is 0 Å². The van der Waals surface area contributed by atoms with Crippen molar-refractivity contribution in [3.8, 4) is 11.3 Å². The number of hydrazine groups is 1. The fourth-order valence-electron chi connectivity index (χ4n) is 4.94. The van der Waals surface area contributed by atoms with Crippen LogP contribution in [-0.2, 0) is 16.9 Å². The first kappa shape index (κ1) is 28.6. The van der Waals surface area contributed by atoms with Gasteiger partial charge < -0.3 is 9.64 Å². The number of hydrogen-bond acceptors (Lipinski definition) is 7. The molecule has 0 aliphatic heterocycles. The summed E-state index contributed by atoms with van der Waals surface area (Å²) in [7, 11) is 1.83. The van der Waals surface area contributed by atoms with Crippen molar-refractivity contribution in [2.45, 2.75) is 38.3 Å². The van der Waals surface area contributed by atoms with Gasteiger partial charge >= 0.3 is 6.09 Å². The van der Waals surface area contributed by atoms with Gasteiger partial charge in [-0.15, -0.1) is 10.2 Å². The lowest BCUT2D eigenvalue weighted by Gasteiger charge is -2.48. The molecule has 4 aromatic rings. The number of hydrogen-bond donors (Lipinski definition) is 1. The van der Waals surface area contributed by atoms with Crippen LogP contribution in [0.15, 0.2) is 79.0 Å². The second-order valence-electron chi connectivity index (χ2n) is 9.97. The molecular weight excluding hydrogens is 542 g/mol. The number of anilines is 1. The number of halogens is 2. The van der Waals surface area contributed by atoms with Gasteiger partial charge in [0.2, 0.25) is 0 Å². The Morgan fingerprint density at radius 2 is 1.76 bits per heavy atom. The number of rotatable bonds is 8. The van der Waals surface area contributed by atoms with E-state index in [0.29, 0.717) is 22.8 Å². The second-order valence-corrected chi connectivity index (χ2v) is 9.97. The molecule has 1 aliphatic rings. The largest absolute Gasteiger partial charge is 0.443 e. The molecule has 0 bridgehead atoms. The van der Waals surface area contributed by atoms with E-state index in [4.69, 9.17) is 4.74 Å². The summed E-state index contributed by atoms with van der Waals surface area (Å²) in [5.74, 6) is -1.42. The number of nitrogens with one attached hydrogen (secondary N) is 1. The van der Waals surface area contributed by atoms with E-state index < -0.39 is 23.4 Å². The van der Waals surface area contributed by atoms with E-state index in [-0.39, 0.29) is 24.5 Å². The molecule has 2 heterocycles. The molecule has 1 saturated carbocycles. The number of pyridine rings is 1. The maximum absolute atomic E-state index is 14.7. The Morgan fingerprint density at radius 1 is 0.976 bits per heavy atom. The third kappa shape index (κ3) is 5.76. The SMILES string of the molecule is CCN(NC(=O)c1cc(-c2ccc(N(C)C3(c4ncccc4F)CCC3)nn2)ccc1F)C(=O)OCc1ccccc1. The van der Waals surface area contributed by atoms with Crippen molar-refractivity contribution in [1.82, 2.24) is 25.6 Å². The number of carbonyl (C=O) groups excluding carboxylic acids is 2. The van der Waals surface area contributed by atoms with Crippen molar-refractivity contribution in [2.75, 3.05) is 18.5 Å². The molecule has 1 aliphatic carbocycles. The van der Waals surface area contributed by atoms with Gasteiger partial charge in [-0.3, -0.25) is 15.2 Å².